The molecular formula is C14H17F2NO3S. The Balaban J connectivity index is 3.15. The van der Waals surface area contributed by atoms with E-state index in [4.69, 9.17) is 5.11 Å². The quantitative estimate of drug-likeness (QED) is 0.621. The highest BCUT2D eigenvalue weighted by Crippen LogP contribution is 2.20. The van der Waals surface area contributed by atoms with Gasteiger partial charge in [0.05, 0.1) is 5.56 Å². The van der Waals surface area contributed by atoms with E-state index >= 15 is 0 Å². The van der Waals surface area contributed by atoms with Crippen molar-refractivity contribution in [3.8, 4) is 11.8 Å². The maximum Gasteiger partial charge on any atom is 0.244 e. The SMILES string of the molecule is CCCCCNS(=O)(=O)c1c(F)cc(F)cc1C#CCO. The second kappa shape index (κ2) is 8.08. The number of sulfonamides is 1. The molecule has 0 spiro atoms. The van der Waals surface area contributed by atoms with Crippen LogP contribution >= 0.6 is 0 Å². The van der Waals surface area contributed by atoms with Crippen LogP contribution in [0.2, 0.25) is 0 Å². The second-order valence-electron chi connectivity index (χ2n) is 4.33. The largest absolute Gasteiger partial charge is 0.384 e. The highest BCUT2D eigenvalue weighted by atomic mass is 32.2. The maximum atomic E-state index is 13.8. The van der Waals surface area contributed by atoms with Crippen molar-refractivity contribution in [2.75, 3.05) is 13.2 Å². The predicted molar refractivity (Wildman–Crippen MR) is 75.0 cm³/mol. The summed E-state index contributed by atoms with van der Waals surface area (Å²) in [6.45, 7) is 1.60. The molecule has 21 heavy (non-hydrogen) atoms. The fraction of sp³-hybridized carbons (Fsp3) is 0.429. The van der Waals surface area contributed by atoms with Gasteiger partial charge in [0.15, 0.2) is 0 Å². The Morgan fingerprint density at radius 3 is 2.62 bits per heavy atom. The number of benzene rings is 1. The van der Waals surface area contributed by atoms with Crippen molar-refractivity contribution < 1.29 is 22.3 Å². The molecule has 7 heteroatoms. The van der Waals surface area contributed by atoms with Gasteiger partial charge in [-0.15, -0.1) is 0 Å². The molecule has 0 aliphatic carbocycles. The van der Waals surface area contributed by atoms with Crippen LogP contribution in [0.3, 0.4) is 0 Å². The molecule has 116 valence electrons. The second-order valence-corrected chi connectivity index (χ2v) is 6.03. The molecule has 0 saturated heterocycles. The molecule has 0 atom stereocenters. The third-order valence-electron chi connectivity index (χ3n) is 2.65. The van der Waals surface area contributed by atoms with Crippen molar-refractivity contribution in [3.05, 3.63) is 29.3 Å². The summed E-state index contributed by atoms with van der Waals surface area (Å²) in [5, 5.41) is 8.63. The van der Waals surface area contributed by atoms with E-state index in [0.717, 1.165) is 18.9 Å². The Bertz CT molecular complexity index is 648. The van der Waals surface area contributed by atoms with Gasteiger partial charge in [0.2, 0.25) is 10.0 Å². The number of hydrogen-bond acceptors (Lipinski definition) is 3. The zero-order valence-electron chi connectivity index (χ0n) is 11.6. The molecule has 1 aromatic rings. The van der Waals surface area contributed by atoms with Crippen molar-refractivity contribution >= 4 is 10.0 Å². The van der Waals surface area contributed by atoms with Gasteiger partial charge in [-0.05, 0) is 12.5 Å². The van der Waals surface area contributed by atoms with E-state index < -0.39 is 33.2 Å². The number of rotatable bonds is 6. The Morgan fingerprint density at radius 1 is 1.29 bits per heavy atom. The number of aliphatic hydroxyl groups is 1. The summed E-state index contributed by atoms with van der Waals surface area (Å²) in [5.41, 5.74) is -0.315. The van der Waals surface area contributed by atoms with Gasteiger partial charge in [-0.3, -0.25) is 0 Å². The first-order chi connectivity index (χ1) is 9.92. The van der Waals surface area contributed by atoms with Crippen LogP contribution in [0.4, 0.5) is 8.78 Å². The van der Waals surface area contributed by atoms with Crippen LogP contribution in [0.15, 0.2) is 17.0 Å². The van der Waals surface area contributed by atoms with Crippen LogP contribution in [0.1, 0.15) is 31.7 Å². The summed E-state index contributed by atoms with van der Waals surface area (Å²) in [6, 6.07) is 1.32. The van der Waals surface area contributed by atoms with Gasteiger partial charge in [-0.25, -0.2) is 21.9 Å². The van der Waals surface area contributed by atoms with Gasteiger partial charge in [-0.1, -0.05) is 31.6 Å². The minimum atomic E-state index is -4.13. The average Bonchev–Trinajstić information content (AvgIpc) is 2.40. The molecule has 0 bridgehead atoms. The Hall–Kier alpha value is -1.49. The first-order valence-corrected chi connectivity index (χ1v) is 7.99. The molecule has 0 aliphatic heterocycles. The highest BCUT2D eigenvalue weighted by Gasteiger charge is 2.23. The van der Waals surface area contributed by atoms with Gasteiger partial charge < -0.3 is 5.11 Å². The molecule has 0 unspecified atom stereocenters. The highest BCUT2D eigenvalue weighted by molar-refractivity contribution is 7.89. The predicted octanol–water partition coefficient (Wildman–Crippen LogP) is 1.78. The molecule has 0 amide bonds. The fourth-order valence-corrected chi connectivity index (χ4v) is 2.99. The van der Waals surface area contributed by atoms with Crippen LogP contribution in [0.5, 0.6) is 0 Å². The van der Waals surface area contributed by atoms with Gasteiger partial charge in [0.25, 0.3) is 0 Å². The van der Waals surface area contributed by atoms with Crippen molar-refractivity contribution in [3.63, 3.8) is 0 Å². The lowest BCUT2D eigenvalue weighted by atomic mass is 10.2. The smallest absolute Gasteiger partial charge is 0.244 e. The Labute approximate surface area is 123 Å². The number of halogens is 2. The lowest BCUT2D eigenvalue weighted by molar-refractivity contribution is 0.350. The first-order valence-electron chi connectivity index (χ1n) is 6.50. The van der Waals surface area contributed by atoms with Gasteiger partial charge in [0.1, 0.15) is 23.1 Å². The summed E-state index contributed by atoms with van der Waals surface area (Å²) >= 11 is 0. The number of hydrogen-bond donors (Lipinski definition) is 2. The Kier molecular flexibility index (Phi) is 6.75. The minimum Gasteiger partial charge on any atom is -0.384 e. The van der Waals surface area contributed by atoms with Crippen molar-refractivity contribution in [1.29, 1.82) is 0 Å². The van der Waals surface area contributed by atoms with Crippen LogP contribution < -0.4 is 4.72 Å². The van der Waals surface area contributed by atoms with Crippen LogP contribution in [0, 0.1) is 23.5 Å². The lowest BCUT2D eigenvalue weighted by Crippen LogP contribution is -2.26. The zero-order chi connectivity index (χ0) is 15.9. The molecular weight excluding hydrogens is 300 g/mol. The molecule has 2 N–H and O–H groups in total. The maximum absolute atomic E-state index is 13.8. The van der Waals surface area contributed by atoms with E-state index in [1.165, 1.54) is 0 Å². The molecule has 1 rings (SSSR count). The van der Waals surface area contributed by atoms with Crippen molar-refractivity contribution in [1.82, 2.24) is 4.72 Å². The summed E-state index contributed by atoms with van der Waals surface area (Å²) < 4.78 is 53.5. The number of nitrogens with one attached hydrogen (secondary N) is 1. The third-order valence-corrected chi connectivity index (χ3v) is 4.19. The normalized spacial score (nSPS) is 11.0. The number of aliphatic hydroxyl groups excluding tert-OH is 1. The summed E-state index contributed by atoms with van der Waals surface area (Å²) in [5.74, 6) is 2.30. The van der Waals surface area contributed by atoms with E-state index in [1.54, 1.807) is 0 Å². The molecule has 1 aromatic carbocycles. The van der Waals surface area contributed by atoms with E-state index in [2.05, 4.69) is 16.6 Å². The Morgan fingerprint density at radius 2 is 2.00 bits per heavy atom. The molecule has 0 fully saturated rings. The summed E-state index contributed by atoms with van der Waals surface area (Å²) in [7, 11) is -4.13. The molecule has 0 saturated carbocycles. The van der Waals surface area contributed by atoms with Crippen LogP contribution in [-0.2, 0) is 10.0 Å². The van der Waals surface area contributed by atoms with Gasteiger partial charge in [-0.2, -0.15) is 0 Å². The number of unbranched alkanes of at least 4 members (excludes halogenated alkanes) is 2. The van der Waals surface area contributed by atoms with Crippen molar-refractivity contribution in [2.24, 2.45) is 0 Å². The monoisotopic (exact) mass is 317 g/mol. The van der Waals surface area contributed by atoms with E-state index in [1.807, 2.05) is 6.92 Å². The third kappa shape index (κ3) is 5.08. The van der Waals surface area contributed by atoms with Crippen LogP contribution in [-0.4, -0.2) is 26.7 Å². The summed E-state index contributed by atoms with van der Waals surface area (Å²) in [4.78, 5) is -0.693. The van der Waals surface area contributed by atoms with Crippen molar-refractivity contribution in [2.45, 2.75) is 31.1 Å². The molecule has 0 radical (unpaired) electrons. The van der Waals surface area contributed by atoms with E-state index in [9.17, 15) is 17.2 Å². The molecule has 0 heterocycles. The van der Waals surface area contributed by atoms with Crippen LogP contribution in [0.25, 0.3) is 0 Å². The van der Waals surface area contributed by atoms with E-state index in [-0.39, 0.29) is 12.1 Å². The average molecular weight is 317 g/mol. The lowest BCUT2D eigenvalue weighted by Gasteiger charge is -2.09. The molecule has 0 aliphatic rings. The topological polar surface area (TPSA) is 66.4 Å². The summed E-state index contributed by atoms with van der Waals surface area (Å²) in [6.07, 6.45) is 2.38. The van der Waals surface area contributed by atoms with Gasteiger partial charge >= 0.3 is 0 Å². The minimum absolute atomic E-state index is 0.167. The fourth-order valence-electron chi connectivity index (χ4n) is 1.71. The zero-order valence-corrected chi connectivity index (χ0v) is 12.4. The molecule has 4 nitrogen and oxygen atoms in total. The van der Waals surface area contributed by atoms with E-state index in [0.29, 0.717) is 12.5 Å². The first kappa shape index (κ1) is 17.6. The molecule has 0 aromatic heterocycles. The standard InChI is InChI=1S/C14H17F2NO3S/c1-2-3-4-7-17-21(19,20)14-11(6-5-8-18)9-12(15)10-13(14)16/h9-10,17-18H,2-4,7-8H2,1H3. The van der Waals surface area contributed by atoms with Gasteiger partial charge in [0, 0.05) is 12.6 Å².